The highest BCUT2D eigenvalue weighted by Gasteiger charge is 2.36. The largest absolute Gasteiger partial charge is 0.456 e. The number of likely N-dealkylation sites (tertiary alicyclic amines) is 1. The molecule has 5 atom stereocenters. The zero-order valence-corrected chi connectivity index (χ0v) is 20.8. The van der Waals surface area contributed by atoms with E-state index in [1.807, 2.05) is 48.5 Å². The summed E-state index contributed by atoms with van der Waals surface area (Å²) in [4.78, 5) is 27.1. The molecule has 1 rings (SSSR count). The van der Waals surface area contributed by atoms with Crippen LogP contribution in [0.3, 0.4) is 0 Å². The number of hydrogen-bond donors (Lipinski definition) is 4. The van der Waals surface area contributed by atoms with Gasteiger partial charge >= 0.3 is 0 Å². The third-order valence-electron chi connectivity index (χ3n) is 6.17. The number of Topliss-reactive ketones (excluding diaryl/α,β-unsaturated/α-hetero) is 1. The molecule has 0 aromatic heterocycles. The van der Waals surface area contributed by atoms with Crippen molar-refractivity contribution in [3.63, 3.8) is 0 Å². The Morgan fingerprint density at radius 1 is 1.19 bits per heavy atom. The Labute approximate surface area is 193 Å². The molecule has 1 fully saturated rings. The average molecular weight is 453 g/mol. The highest BCUT2D eigenvalue weighted by molar-refractivity contribution is 6.35. The van der Waals surface area contributed by atoms with Gasteiger partial charge in [-0.1, -0.05) is 60.6 Å². The van der Waals surface area contributed by atoms with Gasteiger partial charge in [0.25, 0.3) is 5.90 Å². The number of nitrogens with two attached hydrogens (primary N) is 2. The highest BCUT2D eigenvalue weighted by atomic mass is 16.5. The van der Waals surface area contributed by atoms with Crippen LogP contribution in [-0.2, 0) is 14.3 Å². The van der Waals surface area contributed by atoms with E-state index in [0.717, 1.165) is 6.42 Å². The second-order valence-corrected chi connectivity index (χ2v) is 10.6. The third kappa shape index (κ3) is 7.67. The van der Waals surface area contributed by atoms with Crippen molar-refractivity contribution in [2.45, 2.75) is 92.1 Å². The van der Waals surface area contributed by atoms with E-state index >= 15 is 0 Å². The summed E-state index contributed by atoms with van der Waals surface area (Å²) in [5.74, 6) is -1.43. The molecule has 1 saturated heterocycles. The van der Waals surface area contributed by atoms with Crippen LogP contribution in [0, 0.1) is 28.6 Å². The molecule has 0 saturated carbocycles. The Morgan fingerprint density at radius 2 is 1.78 bits per heavy atom. The smallest absolute Gasteiger partial charge is 0.252 e. The second kappa shape index (κ2) is 11.9. The fraction of sp³-hybridized carbons (Fsp3) is 0.792. The fourth-order valence-electron chi connectivity index (χ4n) is 3.60. The molecule has 0 bridgehead atoms. The Kier molecular flexibility index (Phi) is 10.5. The van der Waals surface area contributed by atoms with Crippen molar-refractivity contribution in [1.29, 1.82) is 5.41 Å². The minimum absolute atomic E-state index is 0.0206. The first-order chi connectivity index (χ1) is 14.7. The molecule has 0 aromatic carbocycles. The van der Waals surface area contributed by atoms with E-state index < -0.39 is 41.4 Å². The molecule has 0 aromatic rings. The van der Waals surface area contributed by atoms with Gasteiger partial charge in [0.15, 0.2) is 6.23 Å². The summed E-state index contributed by atoms with van der Waals surface area (Å²) in [6, 6.07) is -0.900. The number of carbonyl (C=O) groups is 2. The van der Waals surface area contributed by atoms with Gasteiger partial charge in [-0.15, -0.1) is 0 Å². The summed E-state index contributed by atoms with van der Waals surface area (Å²) in [6.45, 7) is 13.9. The highest BCUT2D eigenvalue weighted by Crippen LogP contribution is 2.25. The van der Waals surface area contributed by atoms with Gasteiger partial charge in [0.2, 0.25) is 11.7 Å². The molecule has 32 heavy (non-hydrogen) atoms. The van der Waals surface area contributed by atoms with Gasteiger partial charge in [0, 0.05) is 17.9 Å². The third-order valence-corrected chi connectivity index (χ3v) is 6.17. The summed E-state index contributed by atoms with van der Waals surface area (Å²) >= 11 is 0. The standard InChI is InChI=1S/C24H44N4O4/c1-14(2)16(20(30)21(26)32-23(27)24(5,6)7)10-8-12-18(29)17-11-9-13-28(17)22(31)19(25)15(3)4/h8,12,14-19,23,26,29H,9-11,13,25,27H2,1-7H3/b12-8+,26-21?/t16-,17-,18?,19-,23?/m0/s1. The first-order valence-corrected chi connectivity index (χ1v) is 11.6. The van der Waals surface area contributed by atoms with Crippen molar-refractivity contribution in [2.24, 2.45) is 34.6 Å². The summed E-state index contributed by atoms with van der Waals surface area (Å²) in [5.41, 5.74) is 11.6. The van der Waals surface area contributed by atoms with Crippen LogP contribution in [0.15, 0.2) is 12.2 Å². The van der Waals surface area contributed by atoms with Crippen molar-refractivity contribution in [2.75, 3.05) is 6.54 Å². The molecule has 0 radical (unpaired) electrons. The number of ether oxygens (including phenoxy) is 1. The van der Waals surface area contributed by atoms with Crippen LogP contribution in [-0.4, -0.2) is 58.6 Å². The number of carbonyl (C=O) groups excluding carboxylic acids is 2. The maximum Gasteiger partial charge on any atom is 0.252 e. The summed E-state index contributed by atoms with van der Waals surface area (Å²) < 4.78 is 5.38. The maximum atomic E-state index is 12.8. The topological polar surface area (TPSA) is 143 Å². The molecule has 184 valence electrons. The van der Waals surface area contributed by atoms with Crippen LogP contribution < -0.4 is 11.5 Å². The van der Waals surface area contributed by atoms with Crippen LogP contribution in [0.1, 0.15) is 67.7 Å². The average Bonchev–Trinajstić information content (AvgIpc) is 3.18. The van der Waals surface area contributed by atoms with Gasteiger partial charge < -0.3 is 20.5 Å². The van der Waals surface area contributed by atoms with Crippen molar-refractivity contribution >= 4 is 17.6 Å². The zero-order valence-electron chi connectivity index (χ0n) is 20.8. The maximum absolute atomic E-state index is 12.8. The number of nitrogens with one attached hydrogen (secondary N) is 1. The molecule has 6 N–H and O–H groups in total. The lowest BCUT2D eigenvalue weighted by atomic mass is 9.87. The summed E-state index contributed by atoms with van der Waals surface area (Å²) in [6.07, 6.45) is 3.69. The summed E-state index contributed by atoms with van der Waals surface area (Å²) in [7, 11) is 0. The molecule has 2 unspecified atom stereocenters. The number of hydrogen-bond acceptors (Lipinski definition) is 7. The van der Waals surface area contributed by atoms with Gasteiger partial charge in [-0.3, -0.25) is 20.7 Å². The van der Waals surface area contributed by atoms with Crippen LogP contribution >= 0.6 is 0 Å². The Bertz CT molecular complexity index is 684. The van der Waals surface area contributed by atoms with Crippen LogP contribution in [0.5, 0.6) is 0 Å². The number of aliphatic hydroxyl groups excluding tert-OH is 1. The SMILES string of the molecule is CC(C)[C@H](N)C(=O)N1CCC[C@H]1C(O)/C=C/C[C@H](C(=O)C(=N)OC(N)C(C)(C)C)C(C)C. The lowest BCUT2D eigenvalue weighted by Gasteiger charge is -2.30. The monoisotopic (exact) mass is 452 g/mol. The number of nitrogens with zero attached hydrogens (tertiary/aromatic N) is 1. The van der Waals surface area contributed by atoms with E-state index in [1.165, 1.54) is 0 Å². The van der Waals surface area contributed by atoms with Crippen molar-refractivity contribution in [3.05, 3.63) is 12.2 Å². The first-order valence-electron chi connectivity index (χ1n) is 11.6. The molecule has 1 aliphatic heterocycles. The van der Waals surface area contributed by atoms with Crippen molar-refractivity contribution < 1.29 is 19.4 Å². The fourth-order valence-corrected chi connectivity index (χ4v) is 3.60. The predicted molar refractivity (Wildman–Crippen MR) is 127 cm³/mol. The Hall–Kier alpha value is -1.77. The van der Waals surface area contributed by atoms with Crippen LogP contribution in [0.25, 0.3) is 0 Å². The normalized spacial score (nSPS) is 21.1. The van der Waals surface area contributed by atoms with Gasteiger partial charge in [0.05, 0.1) is 18.2 Å². The number of amides is 1. The van der Waals surface area contributed by atoms with E-state index in [9.17, 15) is 14.7 Å². The minimum atomic E-state index is -0.839. The van der Waals surface area contributed by atoms with Crippen LogP contribution in [0.2, 0.25) is 0 Å². The lowest BCUT2D eigenvalue weighted by molar-refractivity contribution is -0.135. The Balaban J connectivity index is 2.78. The lowest BCUT2D eigenvalue weighted by Crippen LogP contribution is -2.51. The van der Waals surface area contributed by atoms with E-state index in [-0.39, 0.29) is 23.8 Å². The number of rotatable bonds is 10. The quantitative estimate of drug-likeness (QED) is 0.173. The molecular weight excluding hydrogens is 408 g/mol. The molecule has 8 nitrogen and oxygen atoms in total. The van der Waals surface area contributed by atoms with E-state index in [1.54, 1.807) is 17.1 Å². The second-order valence-electron chi connectivity index (χ2n) is 10.6. The molecule has 1 heterocycles. The number of aliphatic hydroxyl groups is 1. The van der Waals surface area contributed by atoms with Gasteiger partial charge in [-0.25, -0.2) is 0 Å². The van der Waals surface area contributed by atoms with E-state index in [4.69, 9.17) is 21.6 Å². The van der Waals surface area contributed by atoms with Gasteiger partial charge in [0.1, 0.15) is 0 Å². The van der Waals surface area contributed by atoms with Crippen molar-refractivity contribution in [3.8, 4) is 0 Å². The molecular formula is C24H44N4O4. The van der Waals surface area contributed by atoms with E-state index in [2.05, 4.69) is 0 Å². The zero-order chi connectivity index (χ0) is 24.8. The molecule has 8 heteroatoms. The summed E-state index contributed by atoms with van der Waals surface area (Å²) in [5, 5.41) is 18.8. The number of ketones is 1. The molecule has 0 aliphatic carbocycles. The van der Waals surface area contributed by atoms with Crippen molar-refractivity contribution in [1.82, 2.24) is 4.90 Å². The number of allylic oxidation sites excluding steroid dienone is 1. The molecule has 0 spiro atoms. The molecule has 1 aliphatic rings. The Morgan fingerprint density at radius 3 is 2.28 bits per heavy atom. The van der Waals surface area contributed by atoms with Gasteiger partial charge in [-0.2, -0.15) is 0 Å². The first kappa shape index (κ1) is 28.3. The van der Waals surface area contributed by atoms with Crippen LogP contribution in [0.4, 0.5) is 0 Å². The predicted octanol–water partition coefficient (Wildman–Crippen LogP) is 2.43. The van der Waals surface area contributed by atoms with Gasteiger partial charge in [-0.05, 0) is 31.1 Å². The molecule has 1 amide bonds. The van der Waals surface area contributed by atoms with E-state index in [0.29, 0.717) is 19.4 Å². The minimum Gasteiger partial charge on any atom is -0.456 e.